The van der Waals surface area contributed by atoms with Crippen LogP contribution in [0.1, 0.15) is 24.2 Å². The molecular weight excluding hydrogens is 301 g/mol. The van der Waals surface area contributed by atoms with Gasteiger partial charge in [0.15, 0.2) is 23.1 Å². The molecule has 1 atom stereocenters. The number of benzene rings is 1. The Kier molecular flexibility index (Phi) is 4.88. The van der Waals surface area contributed by atoms with E-state index in [0.29, 0.717) is 5.56 Å². The van der Waals surface area contributed by atoms with E-state index in [1.54, 1.807) is 6.07 Å². The number of hydrogen-bond acceptors (Lipinski definition) is 6. The van der Waals surface area contributed by atoms with Crippen molar-refractivity contribution in [1.29, 1.82) is 0 Å². The van der Waals surface area contributed by atoms with Crippen LogP contribution in [0.3, 0.4) is 0 Å². The zero-order valence-electron chi connectivity index (χ0n) is 12.4. The molecule has 23 heavy (non-hydrogen) atoms. The number of nitrogens with two attached hydrogens (primary N) is 2. The van der Waals surface area contributed by atoms with Crippen LogP contribution in [0.25, 0.3) is 0 Å². The number of aromatic hydroxyl groups is 2. The van der Waals surface area contributed by atoms with Crippen LogP contribution in [0.4, 0.5) is 10.2 Å². The Hall–Kier alpha value is -2.98. The highest BCUT2D eigenvalue weighted by molar-refractivity contribution is 5.52. The van der Waals surface area contributed by atoms with E-state index >= 15 is 0 Å². The van der Waals surface area contributed by atoms with Crippen molar-refractivity contribution < 1.29 is 19.3 Å². The van der Waals surface area contributed by atoms with Crippen molar-refractivity contribution in [3.63, 3.8) is 0 Å². The van der Waals surface area contributed by atoms with Crippen LogP contribution in [-0.4, -0.2) is 21.7 Å². The maximum absolute atomic E-state index is 13.5. The van der Waals surface area contributed by atoms with Crippen molar-refractivity contribution in [2.45, 2.75) is 13.0 Å². The molecule has 1 aromatic heterocycles. The van der Waals surface area contributed by atoms with Crippen molar-refractivity contribution in [1.82, 2.24) is 4.98 Å². The van der Waals surface area contributed by atoms with E-state index in [4.69, 9.17) is 16.2 Å². The maximum atomic E-state index is 13.5. The van der Waals surface area contributed by atoms with Gasteiger partial charge in [0.05, 0.1) is 12.1 Å². The van der Waals surface area contributed by atoms with Crippen molar-refractivity contribution in [2.24, 2.45) is 5.73 Å². The van der Waals surface area contributed by atoms with Crippen LogP contribution in [0.5, 0.6) is 17.2 Å². The summed E-state index contributed by atoms with van der Waals surface area (Å²) in [6.07, 6.45) is 0.597. The smallest absolute Gasteiger partial charge is 0.166 e. The summed E-state index contributed by atoms with van der Waals surface area (Å²) in [5, 5.41) is 19.6. The lowest BCUT2D eigenvalue weighted by atomic mass is 10.1. The largest absolute Gasteiger partial charge is 0.507 e. The van der Waals surface area contributed by atoms with Crippen LogP contribution in [0.15, 0.2) is 24.4 Å². The van der Waals surface area contributed by atoms with Crippen molar-refractivity contribution in [3.8, 4) is 29.1 Å². The molecule has 2 aromatic rings. The first-order valence-electron chi connectivity index (χ1n) is 6.75. The minimum absolute atomic E-state index is 0.0807. The van der Waals surface area contributed by atoms with Gasteiger partial charge < -0.3 is 26.4 Å². The van der Waals surface area contributed by atoms with Crippen LogP contribution in [0, 0.1) is 17.7 Å². The summed E-state index contributed by atoms with van der Waals surface area (Å²) in [5.41, 5.74) is 11.5. The van der Waals surface area contributed by atoms with Gasteiger partial charge in [0.2, 0.25) is 0 Å². The maximum Gasteiger partial charge on any atom is 0.166 e. The number of anilines is 1. The molecule has 0 saturated carbocycles. The number of nitrogen functional groups attached to an aromatic ring is 1. The molecule has 6 N–H and O–H groups in total. The molecule has 6 nitrogen and oxygen atoms in total. The minimum Gasteiger partial charge on any atom is -0.507 e. The number of nitrogens with zero attached hydrogens (tertiary/aromatic N) is 1. The van der Waals surface area contributed by atoms with Crippen molar-refractivity contribution in [3.05, 3.63) is 41.3 Å². The second-order valence-electron chi connectivity index (χ2n) is 4.70. The molecule has 2 rings (SSSR count). The second kappa shape index (κ2) is 6.85. The lowest BCUT2D eigenvalue weighted by Crippen LogP contribution is -2.07. The van der Waals surface area contributed by atoms with Gasteiger partial charge in [-0.1, -0.05) is 11.8 Å². The quantitative estimate of drug-likeness (QED) is 0.640. The molecule has 0 spiro atoms. The van der Waals surface area contributed by atoms with Gasteiger partial charge in [-0.15, -0.1) is 0 Å². The Balaban J connectivity index is 2.34. The van der Waals surface area contributed by atoms with Crippen LogP contribution >= 0.6 is 0 Å². The topological polar surface area (TPSA) is 115 Å². The summed E-state index contributed by atoms with van der Waals surface area (Å²) < 4.78 is 19.1. The lowest BCUT2D eigenvalue weighted by molar-refractivity contribution is 0.215. The van der Waals surface area contributed by atoms with Crippen LogP contribution < -0.4 is 16.2 Å². The summed E-state index contributed by atoms with van der Waals surface area (Å²) in [4.78, 5) is 3.95. The summed E-state index contributed by atoms with van der Waals surface area (Å²) in [7, 11) is 0. The Morgan fingerprint density at radius 1 is 1.39 bits per heavy atom. The summed E-state index contributed by atoms with van der Waals surface area (Å²) in [5.74, 6) is 3.93. The van der Waals surface area contributed by atoms with E-state index in [1.165, 1.54) is 13.1 Å². The fourth-order valence-corrected chi connectivity index (χ4v) is 1.99. The Labute approximate surface area is 132 Å². The summed E-state index contributed by atoms with van der Waals surface area (Å²) >= 11 is 0. The van der Waals surface area contributed by atoms with Crippen LogP contribution in [-0.2, 0) is 0 Å². The molecule has 0 saturated heterocycles. The van der Waals surface area contributed by atoms with E-state index in [-0.39, 0.29) is 29.4 Å². The zero-order chi connectivity index (χ0) is 17.0. The fraction of sp³-hybridized carbons (Fsp3) is 0.188. The first-order valence-corrected chi connectivity index (χ1v) is 6.75. The van der Waals surface area contributed by atoms with Crippen molar-refractivity contribution in [2.75, 3.05) is 12.3 Å². The van der Waals surface area contributed by atoms with Gasteiger partial charge in [0.25, 0.3) is 0 Å². The fourth-order valence-electron chi connectivity index (χ4n) is 1.99. The predicted octanol–water partition coefficient (Wildman–Crippen LogP) is 1.66. The number of ether oxygens (including phenoxy) is 1. The summed E-state index contributed by atoms with van der Waals surface area (Å²) in [6, 6.07) is 3.64. The van der Waals surface area contributed by atoms with Gasteiger partial charge in [0.1, 0.15) is 11.9 Å². The molecule has 0 bridgehead atoms. The number of phenols is 2. The normalized spacial score (nSPS) is 11.4. The van der Waals surface area contributed by atoms with Gasteiger partial charge in [-0.3, -0.25) is 0 Å². The lowest BCUT2D eigenvalue weighted by Gasteiger charge is -2.18. The molecule has 0 fully saturated rings. The first kappa shape index (κ1) is 16.4. The molecule has 120 valence electrons. The third-order valence-corrected chi connectivity index (χ3v) is 3.07. The number of aromatic nitrogens is 1. The highest BCUT2D eigenvalue weighted by atomic mass is 19.1. The highest BCUT2D eigenvalue weighted by Crippen LogP contribution is 2.37. The number of pyridine rings is 1. The van der Waals surface area contributed by atoms with Crippen molar-refractivity contribution >= 4 is 5.82 Å². The van der Waals surface area contributed by atoms with E-state index in [2.05, 4.69) is 16.8 Å². The highest BCUT2D eigenvalue weighted by Gasteiger charge is 2.21. The number of rotatable bonds is 3. The molecule has 0 aliphatic heterocycles. The molecule has 7 heteroatoms. The third kappa shape index (κ3) is 3.62. The average molecular weight is 317 g/mol. The van der Waals surface area contributed by atoms with E-state index in [9.17, 15) is 14.6 Å². The molecule has 1 unspecified atom stereocenters. The number of phenolic OH excluding ortho intramolecular Hbond substituents is 2. The Morgan fingerprint density at radius 2 is 2.13 bits per heavy atom. The van der Waals surface area contributed by atoms with Gasteiger partial charge in [-0.2, -0.15) is 0 Å². The molecule has 1 aromatic carbocycles. The molecular formula is C16H16FN3O3. The third-order valence-electron chi connectivity index (χ3n) is 3.07. The summed E-state index contributed by atoms with van der Waals surface area (Å²) in [6.45, 7) is 1.73. The monoisotopic (exact) mass is 317 g/mol. The van der Waals surface area contributed by atoms with E-state index in [1.807, 2.05) is 0 Å². The predicted molar refractivity (Wildman–Crippen MR) is 83.4 cm³/mol. The van der Waals surface area contributed by atoms with Crippen LogP contribution in [0.2, 0.25) is 0 Å². The molecule has 0 aliphatic rings. The Morgan fingerprint density at radius 3 is 2.83 bits per heavy atom. The standard InChI is InChI=1S/C16H16FN3O3/c1-9(14-12(21)5-4-11(17)15(14)22)23-13-7-10(3-2-6-18)8-20-16(13)19/h4-5,7-9,21-22H,6,18H2,1H3,(H2,19,20). The van der Waals surface area contributed by atoms with E-state index < -0.39 is 17.7 Å². The van der Waals surface area contributed by atoms with Gasteiger partial charge >= 0.3 is 0 Å². The first-order chi connectivity index (χ1) is 10.9. The molecule has 0 aliphatic carbocycles. The second-order valence-corrected chi connectivity index (χ2v) is 4.70. The molecule has 1 heterocycles. The average Bonchev–Trinajstić information content (AvgIpc) is 2.52. The number of hydrogen-bond donors (Lipinski definition) is 4. The van der Waals surface area contributed by atoms with Gasteiger partial charge in [-0.05, 0) is 19.1 Å². The van der Waals surface area contributed by atoms with Gasteiger partial charge in [0, 0.05) is 17.8 Å². The Bertz CT molecular complexity index is 784. The zero-order valence-corrected chi connectivity index (χ0v) is 12.4. The SMILES string of the molecule is CC(Oc1cc(C#CCN)cnc1N)c1c(O)ccc(F)c1O. The minimum atomic E-state index is -0.868. The number of halogens is 1. The molecule has 0 amide bonds. The van der Waals surface area contributed by atoms with Gasteiger partial charge in [-0.25, -0.2) is 9.37 Å². The molecule has 0 radical (unpaired) electrons. The van der Waals surface area contributed by atoms with E-state index in [0.717, 1.165) is 12.1 Å².